The van der Waals surface area contributed by atoms with E-state index in [0.29, 0.717) is 5.92 Å². The molecule has 0 fully saturated rings. The number of para-hydroxylation sites is 3. The Kier molecular flexibility index (Phi) is 7.75. The molecule has 0 amide bonds. The third-order valence-electron chi connectivity index (χ3n) is 11.6. The highest BCUT2D eigenvalue weighted by molar-refractivity contribution is 7.26. The fraction of sp³-hybridized carbons (Fsp3) is 0.0566. The minimum Gasteiger partial charge on any atom is -0.311 e. The largest absolute Gasteiger partial charge is 0.311 e. The average Bonchev–Trinajstić information content (AvgIpc) is 3.82. The highest BCUT2D eigenvalue weighted by atomic mass is 32.1. The number of aromatic nitrogens is 1. The number of anilines is 3. The standard InChI is InChI=1S/C53H38N2S/c1-35-17-12-28-42-43-29-15-32-47(53(43)54(52(35)42)38-22-6-3-7-23-38)55(46-31-16-34-49-51(46)44-25-9-11-33-48(44)56-49)45-30-10-8-24-40(45)41-27-14-21-37-20-13-26-39(50(37)41)36-18-4-2-5-19-36/h2-16,18-35H,17H2,1H3. The number of benzene rings is 8. The molecule has 0 bridgehead atoms. The van der Waals surface area contributed by atoms with E-state index in [1.165, 1.54) is 86.7 Å². The Morgan fingerprint density at radius 3 is 2.00 bits per heavy atom. The Morgan fingerprint density at radius 1 is 0.518 bits per heavy atom. The van der Waals surface area contributed by atoms with Gasteiger partial charge in [-0.05, 0) is 76.3 Å². The molecular formula is C53H38N2S. The molecule has 2 aromatic heterocycles. The third kappa shape index (κ3) is 5.08. The molecule has 1 atom stereocenters. The SMILES string of the molecule is CC1CC=Cc2c1n(-c1ccccc1)c1c(N(c3ccccc3-c3cccc4cccc(-c5ccccc5)c34)c3cccc4sc5ccccc5c34)cccc21. The van der Waals surface area contributed by atoms with Gasteiger partial charge in [-0.25, -0.2) is 0 Å². The predicted octanol–water partition coefficient (Wildman–Crippen LogP) is 15.5. The number of nitrogens with zero attached hydrogens (tertiary/aromatic N) is 2. The summed E-state index contributed by atoms with van der Waals surface area (Å²) in [5, 5.41) is 6.31. The molecule has 0 radical (unpaired) electrons. The minimum atomic E-state index is 0.368. The molecule has 8 aromatic carbocycles. The monoisotopic (exact) mass is 734 g/mol. The topological polar surface area (TPSA) is 8.17 Å². The predicted molar refractivity (Wildman–Crippen MR) is 241 cm³/mol. The van der Waals surface area contributed by atoms with Crippen LogP contribution in [0.3, 0.4) is 0 Å². The normalized spacial score (nSPS) is 13.8. The first-order valence-corrected chi connectivity index (χ1v) is 20.3. The van der Waals surface area contributed by atoms with Crippen molar-refractivity contribution in [3.8, 4) is 27.9 Å². The molecule has 1 unspecified atom stereocenters. The molecule has 2 nitrogen and oxygen atoms in total. The lowest BCUT2D eigenvalue weighted by Crippen LogP contribution is -2.14. The zero-order valence-electron chi connectivity index (χ0n) is 31.1. The summed E-state index contributed by atoms with van der Waals surface area (Å²) in [5.41, 5.74) is 13.4. The van der Waals surface area contributed by atoms with Crippen molar-refractivity contribution in [1.29, 1.82) is 0 Å². The van der Waals surface area contributed by atoms with Crippen LogP contribution in [0.5, 0.6) is 0 Å². The van der Waals surface area contributed by atoms with E-state index >= 15 is 0 Å². The number of thiophene rings is 1. The highest BCUT2D eigenvalue weighted by Gasteiger charge is 2.29. The molecule has 3 heteroatoms. The summed E-state index contributed by atoms with van der Waals surface area (Å²) in [6.45, 7) is 2.37. The molecule has 0 saturated carbocycles. The highest BCUT2D eigenvalue weighted by Crippen LogP contribution is 2.52. The van der Waals surface area contributed by atoms with Gasteiger partial charge in [0.1, 0.15) is 0 Å². The fourth-order valence-electron chi connectivity index (χ4n) is 9.20. The van der Waals surface area contributed by atoms with Crippen molar-refractivity contribution >= 4 is 76.3 Å². The van der Waals surface area contributed by atoms with Gasteiger partial charge in [0.25, 0.3) is 0 Å². The average molecular weight is 735 g/mol. The molecule has 56 heavy (non-hydrogen) atoms. The van der Waals surface area contributed by atoms with E-state index in [1.807, 2.05) is 11.3 Å². The smallest absolute Gasteiger partial charge is 0.0779 e. The second-order valence-electron chi connectivity index (χ2n) is 14.9. The van der Waals surface area contributed by atoms with Gasteiger partial charge in [-0.3, -0.25) is 0 Å². The summed E-state index contributed by atoms with van der Waals surface area (Å²) < 4.78 is 5.13. The van der Waals surface area contributed by atoms with Crippen LogP contribution in [0, 0.1) is 0 Å². The Morgan fingerprint density at radius 2 is 1.14 bits per heavy atom. The molecule has 266 valence electrons. The van der Waals surface area contributed by atoms with E-state index in [2.05, 4.69) is 211 Å². The van der Waals surface area contributed by atoms with Crippen molar-refractivity contribution < 1.29 is 0 Å². The molecule has 0 saturated heterocycles. The molecule has 10 aromatic rings. The first-order chi connectivity index (χ1) is 27.7. The lowest BCUT2D eigenvalue weighted by Gasteiger charge is -2.30. The second-order valence-corrected chi connectivity index (χ2v) is 15.9. The van der Waals surface area contributed by atoms with Crippen molar-refractivity contribution in [3.63, 3.8) is 0 Å². The summed E-state index contributed by atoms with van der Waals surface area (Å²) >= 11 is 1.87. The van der Waals surface area contributed by atoms with E-state index in [0.717, 1.165) is 17.8 Å². The van der Waals surface area contributed by atoms with Crippen LogP contribution in [-0.2, 0) is 0 Å². The first kappa shape index (κ1) is 32.7. The van der Waals surface area contributed by atoms with Crippen LogP contribution in [0.4, 0.5) is 17.1 Å². The zero-order chi connectivity index (χ0) is 37.2. The summed E-state index contributed by atoms with van der Waals surface area (Å²) in [7, 11) is 0. The summed E-state index contributed by atoms with van der Waals surface area (Å²) in [6, 6.07) is 66.9. The van der Waals surface area contributed by atoms with Crippen LogP contribution in [0.15, 0.2) is 188 Å². The maximum absolute atomic E-state index is 2.57. The van der Waals surface area contributed by atoms with Crippen molar-refractivity contribution in [2.24, 2.45) is 0 Å². The quantitative estimate of drug-likeness (QED) is 0.165. The maximum Gasteiger partial charge on any atom is 0.0779 e. The van der Waals surface area contributed by atoms with Crippen molar-refractivity contribution in [3.05, 3.63) is 199 Å². The molecule has 0 spiro atoms. The first-order valence-electron chi connectivity index (χ1n) is 19.5. The van der Waals surface area contributed by atoms with Gasteiger partial charge in [0.15, 0.2) is 0 Å². The number of hydrogen-bond acceptors (Lipinski definition) is 2. The van der Waals surface area contributed by atoms with Gasteiger partial charge < -0.3 is 9.47 Å². The molecule has 0 N–H and O–H groups in total. The van der Waals surface area contributed by atoms with Crippen LogP contribution in [0.25, 0.3) is 75.9 Å². The Hall–Kier alpha value is -6.68. The third-order valence-corrected chi connectivity index (χ3v) is 12.7. The Balaban J connectivity index is 1.28. The maximum atomic E-state index is 2.57. The zero-order valence-corrected chi connectivity index (χ0v) is 31.9. The molecule has 11 rings (SSSR count). The number of allylic oxidation sites excluding steroid dienone is 1. The van der Waals surface area contributed by atoms with Gasteiger partial charge in [0.05, 0.1) is 22.6 Å². The fourth-order valence-corrected chi connectivity index (χ4v) is 10.3. The molecule has 1 aliphatic rings. The van der Waals surface area contributed by atoms with Crippen molar-refractivity contribution in [1.82, 2.24) is 4.57 Å². The molecule has 1 aliphatic carbocycles. The van der Waals surface area contributed by atoms with Gasteiger partial charge >= 0.3 is 0 Å². The van der Waals surface area contributed by atoms with E-state index in [9.17, 15) is 0 Å². The number of hydrogen-bond donors (Lipinski definition) is 0. The molecule has 0 aliphatic heterocycles. The minimum absolute atomic E-state index is 0.368. The van der Waals surface area contributed by atoms with Crippen LogP contribution in [0.2, 0.25) is 0 Å². The van der Waals surface area contributed by atoms with Crippen LogP contribution in [-0.4, -0.2) is 4.57 Å². The van der Waals surface area contributed by atoms with Crippen LogP contribution >= 0.6 is 11.3 Å². The molecule has 2 heterocycles. The van der Waals surface area contributed by atoms with Crippen molar-refractivity contribution in [2.75, 3.05) is 4.90 Å². The van der Waals surface area contributed by atoms with E-state index < -0.39 is 0 Å². The van der Waals surface area contributed by atoms with Gasteiger partial charge in [-0.1, -0.05) is 159 Å². The van der Waals surface area contributed by atoms with E-state index in [1.54, 1.807) is 0 Å². The number of rotatable bonds is 6. The van der Waals surface area contributed by atoms with Crippen molar-refractivity contribution in [2.45, 2.75) is 19.3 Å². The summed E-state index contributed by atoms with van der Waals surface area (Å²) in [6.07, 6.45) is 5.72. The van der Waals surface area contributed by atoms with Gasteiger partial charge in [0, 0.05) is 54.0 Å². The van der Waals surface area contributed by atoms with Gasteiger partial charge in [-0.15, -0.1) is 11.3 Å². The lowest BCUT2D eigenvalue weighted by atomic mass is 9.90. The Labute approximate surface area is 330 Å². The van der Waals surface area contributed by atoms with Gasteiger partial charge in [0.2, 0.25) is 0 Å². The lowest BCUT2D eigenvalue weighted by molar-refractivity contribution is 0.723. The second kappa shape index (κ2) is 13.3. The summed E-state index contributed by atoms with van der Waals surface area (Å²) in [4.78, 5) is 2.57. The van der Waals surface area contributed by atoms with Gasteiger partial charge in [-0.2, -0.15) is 0 Å². The van der Waals surface area contributed by atoms with Crippen LogP contribution < -0.4 is 4.90 Å². The van der Waals surface area contributed by atoms with E-state index in [4.69, 9.17) is 0 Å². The summed E-state index contributed by atoms with van der Waals surface area (Å²) in [5.74, 6) is 0.368. The van der Waals surface area contributed by atoms with Crippen LogP contribution in [0.1, 0.15) is 30.5 Å². The number of fused-ring (bicyclic) bond motifs is 7. The molecular weight excluding hydrogens is 697 g/mol. The van der Waals surface area contributed by atoms with E-state index in [-0.39, 0.29) is 0 Å². The Bertz CT molecular complexity index is 3130.